The van der Waals surface area contributed by atoms with Crippen molar-refractivity contribution in [2.24, 2.45) is 10.9 Å². The van der Waals surface area contributed by atoms with Gasteiger partial charge in [-0.15, -0.1) is 5.10 Å². The molecule has 2 atom stereocenters. The Morgan fingerprint density at radius 1 is 1.17 bits per heavy atom. The number of anilines is 1. The van der Waals surface area contributed by atoms with Gasteiger partial charge in [0, 0.05) is 34.1 Å². The van der Waals surface area contributed by atoms with E-state index in [1.807, 2.05) is 49.4 Å². The third-order valence-electron chi connectivity index (χ3n) is 5.12. The van der Waals surface area contributed by atoms with Crippen LogP contribution in [0.5, 0.6) is 0 Å². The van der Waals surface area contributed by atoms with Gasteiger partial charge >= 0.3 is 6.03 Å². The fourth-order valence-electron chi connectivity index (χ4n) is 3.76. The number of hydrogen-bond acceptors (Lipinski definition) is 4. The molecule has 0 saturated carbocycles. The highest BCUT2D eigenvalue weighted by Gasteiger charge is 2.37. The van der Waals surface area contributed by atoms with E-state index < -0.39 is 11.9 Å². The number of carbonyl (C=O) groups excluding carboxylic acids is 1. The predicted octanol–water partition coefficient (Wildman–Crippen LogP) is 5.77. The Hall–Kier alpha value is -3.43. The molecule has 3 aromatic rings. The summed E-state index contributed by atoms with van der Waals surface area (Å²) < 4.78 is 1.24. The lowest BCUT2D eigenvalue weighted by atomic mass is 9.77. The van der Waals surface area contributed by atoms with Gasteiger partial charge in [0.15, 0.2) is 5.82 Å². The molecule has 4 rings (SSSR count). The lowest BCUT2D eigenvalue weighted by Crippen LogP contribution is -2.25. The molecule has 2 heterocycles. The van der Waals surface area contributed by atoms with Gasteiger partial charge < -0.3 is 5.32 Å². The van der Waals surface area contributed by atoms with Gasteiger partial charge in [0.05, 0.1) is 12.0 Å². The Bertz CT molecular complexity index is 1150. The monoisotopic (exact) mass is 417 g/mol. The molecule has 0 bridgehead atoms. The summed E-state index contributed by atoms with van der Waals surface area (Å²) in [6, 6.07) is 18.7. The Labute approximate surface area is 179 Å². The van der Waals surface area contributed by atoms with Crippen molar-refractivity contribution >= 4 is 34.8 Å². The third kappa shape index (κ3) is 3.72. The van der Waals surface area contributed by atoms with Crippen LogP contribution in [0.1, 0.15) is 36.8 Å². The van der Waals surface area contributed by atoms with Gasteiger partial charge in [0.1, 0.15) is 0 Å². The molecule has 0 fully saturated rings. The maximum atomic E-state index is 12.8. The summed E-state index contributed by atoms with van der Waals surface area (Å²) in [6.07, 6.45) is 3.19. The van der Waals surface area contributed by atoms with Gasteiger partial charge in [-0.2, -0.15) is 9.94 Å². The predicted molar refractivity (Wildman–Crippen MR) is 117 cm³/mol. The Morgan fingerprint density at radius 2 is 1.90 bits per heavy atom. The van der Waals surface area contributed by atoms with Gasteiger partial charge in [0.2, 0.25) is 0 Å². The molecule has 0 saturated heterocycles. The molecule has 1 aromatic heterocycles. The molecule has 30 heavy (non-hydrogen) atoms. The second-order valence-corrected chi connectivity index (χ2v) is 7.52. The smallest absolute Gasteiger partial charge is 0.306 e. The largest absolute Gasteiger partial charge is 0.346 e. The summed E-state index contributed by atoms with van der Waals surface area (Å²) >= 11 is 6.49. The Kier molecular flexibility index (Phi) is 5.64. The SMILES string of the molecule is CCCC1=Nc2nn(C(=O)Nc3ccccc3)cc2C(c2ccccc2Cl)C1C#N. The number of aromatic nitrogens is 2. The number of para-hydroxylation sites is 1. The molecule has 150 valence electrons. The average molecular weight is 418 g/mol. The molecule has 6 nitrogen and oxygen atoms in total. The molecule has 0 aliphatic carbocycles. The summed E-state index contributed by atoms with van der Waals surface area (Å²) in [5, 5.41) is 17.8. The maximum absolute atomic E-state index is 12.8. The van der Waals surface area contributed by atoms with Crippen molar-refractivity contribution in [3.63, 3.8) is 0 Å². The van der Waals surface area contributed by atoms with E-state index in [-0.39, 0.29) is 5.92 Å². The molecule has 1 aliphatic rings. The first kappa shape index (κ1) is 19.9. The highest BCUT2D eigenvalue weighted by molar-refractivity contribution is 6.31. The van der Waals surface area contributed by atoms with Gasteiger partial charge in [-0.25, -0.2) is 9.79 Å². The first-order valence-corrected chi connectivity index (χ1v) is 10.2. The number of rotatable bonds is 4. The Morgan fingerprint density at radius 3 is 2.60 bits per heavy atom. The minimum atomic E-state index is -0.466. The van der Waals surface area contributed by atoms with Crippen LogP contribution in [0.15, 0.2) is 65.8 Å². The molecular formula is C23H20ClN5O. The van der Waals surface area contributed by atoms with E-state index in [4.69, 9.17) is 11.6 Å². The van der Waals surface area contributed by atoms with E-state index >= 15 is 0 Å². The molecule has 2 unspecified atom stereocenters. The molecule has 0 radical (unpaired) electrons. The number of nitrogens with one attached hydrogen (secondary N) is 1. The topological polar surface area (TPSA) is 83.1 Å². The van der Waals surface area contributed by atoms with E-state index in [1.165, 1.54) is 4.68 Å². The third-order valence-corrected chi connectivity index (χ3v) is 5.46. The standard InChI is InChI=1S/C23H20ClN5O/c1-2-8-20-17(13-25)21(16-11-6-7-12-19(16)24)18-14-29(28-22(18)27-20)23(30)26-15-9-4-3-5-10-15/h3-7,9-12,14,17,21H,2,8H2,1H3,(H,26,30). The normalized spacial score (nSPS) is 17.6. The van der Waals surface area contributed by atoms with E-state index in [9.17, 15) is 10.1 Å². The van der Waals surface area contributed by atoms with E-state index in [1.54, 1.807) is 18.3 Å². The number of carbonyl (C=O) groups is 1. The van der Waals surface area contributed by atoms with Gasteiger partial charge in [-0.3, -0.25) is 0 Å². The minimum Gasteiger partial charge on any atom is -0.306 e. The van der Waals surface area contributed by atoms with Crippen LogP contribution in [0.25, 0.3) is 0 Å². The van der Waals surface area contributed by atoms with Gasteiger partial charge in [-0.05, 0) is 30.2 Å². The summed E-state index contributed by atoms with van der Waals surface area (Å²) in [5.74, 6) is -0.346. The number of aliphatic imine (C=N–C) groups is 1. The molecule has 1 amide bonds. The van der Waals surface area contributed by atoms with Crippen molar-refractivity contribution in [3.05, 3.63) is 76.9 Å². The first-order valence-electron chi connectivity index (χ1n) is 9.79. The van der Waals surface area contributed by atoms with Crippen molar-refractivity contribution in [2.75, 3.05) is 5.32 Å². The fourth-order valence-corrected chi connectivity index (χ4v) is 4.01. The number of halogens is 1. The Balaban J connectivity index is 1.78. The number of amides is 1. The van der Waals surface area contributed by atoms with Crippen LogP contribution >= 0.6 is 11.6 Å². The summed E-state index contributed by atoms with van der Waals surface area (Å²) in [6.45, 7) is 2.04. The van der Waals surface area contributed by atoms with Crippen LogP contribution in [0.3, 0.4) is 0 Å². The average Bonchev–Trinajstić information content (AvgIpc) is 3.18. The highest BCUT2D eigenvalue weighted by atomic mass is 35.5. The van der Waals surface area contributed by atoms with Crippen molar-refractivity contribution in [3.8, 4) is 6.07 Å². The second-order valence-electron chi connectivity index (χ2n) is 7.11. The van der Waals surface area contributed by atoms with Gasteiger partial charge in [-0.1, -0.05) is 61.3 Å². The summed E-state index contributed by atoms with van der Waals surface area (Å²) in [7, 11) is 0. The fraction of sp³-hybridized carbons (Fsp3) is 0.217. The van der Waals surface area contributed by atoms with Crippen LogP contribution < -0.4 is 5.32 Å². The molecule has 7 heteroatoms. The summed E-state index contributed by atoms with van der Waals surface area (Å²) in [5.41, 5.74) is 2.99. The number of nitrogens with zero attached hydrogens (tertiary/aromatic N) is 4. The number of fused-ring (bicyclic) bond motifs is 1. The van der Waals surface area contributed by atoms with Crippen LogP contribution in [0.4, 0.5) is 16.3 Å². The molecule has 1 N–H and O–H groups in total. The highest BCUT2D eigenvalue weighted by Crippen LogP contribution is 2.44. The number of hydrogen-bond donors (Lipinski definition) is 1. The zero-order valence-electron chi connectivity index (χ0n) is 16.4. The van der Waals surface area contributed by atoms with Crippen LogP contribution in [0.2, 0.25) is 5.02 Å². The van der Waals surface area contributed by atoms with E-state index in [2.05, 4.69) is 21.5 Å². The number of nitriles is 1. The van der Waals surface area contributed by atoms with Crippen LogP contribution in [-0.2, 0) is 0 Å². The molecule has 1 aliphatic heterocycles. The van der Waals surface area contributed by atoms with Crippen LogP contribution in [0, 0.1) is 17.2 Å². The molecule has 2 aromatic carbocycles. The van der Waals surface area contributed by atoms with Crippen molar-refractivity contribution in [1.82, 2.24) is 9.78 Å². The minimum absolute atomic E-state index is 0.337. The van der Waals surface area contributed by atoms with Crippen molar-refractivity contribution in [2.45, 2.75) is 25.7 Å². The number of benzene rings is 2. The van der Waals surface area contributed by atoms with Crippen LogP contribution in [-0.4, -0.2) is 21.5 Å². The van der Waals surface area contributed by atoms with E-state index in [0.717, 1.165) is 23.3 Å². The lowest BCUT2D eigenvalue weighted by Gasteiger charge is -2.27. The quantitative estimate of drug-likeness (QED) is 0.584. The molecule has 0 spiro atoms. The first-order chi connectivity index (χ1) is 14.6. The molecular weight excluding hydrogens is 398 g/mol. The maximum Gasteiger partial charge on any atom is 0.346 e. The van der Waals surface area contributed by atoms with Gasteiger partial charge in [0.25, 0.3) is 0 Å². The zero-order valence-corrected chi connectivity index (χ0v) is 17.2. The van der Waals surface area contributed by atoms with Crippen molar-refractivity contribution < 1.29 is 4.79 Å². The zero-order chi connectivity index (χ0) is 21.1. The second kappa shape index (κ2) is 8.52. The lowest BCUT2D eigenvalue weighted by molar-refractivity contribution is 0.251. The summed E-state index contributed by atoms with van der Waals surface area (Å²) in [4.78, 5) is 17.4. The van der Waals surface area contributed by atoms with Crippen molar-refractivity contribution in [1.29, 1.82) is 5.26 Å². The van der Waals surface area contributed by atoms with E-state index in [0.29, 0.717) is 22.9 Å².